The summed E-state index contributed by atoms with van der Waals surface area (Å²) in [4.78, 5) is 30.8. The topological polar surface area (TPSA) is 82.5 Å². The van der Waals surface area contributed by atoms with Crippen LogP contribution in [0.5, 0.6) is 0 Å². The summed E-state index contributed by atoms with van der Waals surface area (Å²) in [5.41, 5.74) is 4.78. The molecule has 3 rings (SSSR count). The molecule has 0 saturated heterocycles. The van der Waals surface area contributed by atoms with Crippen LogP contribution in [0.2, 0.25) is 0 Å². The van der Waals surface area contributed by atoms with Gasteiger partial charge in [-0.2, -0.15) is 0 Å². The van der Waals surface area contributed by atoms with Crippen LogP contribution in [0.15, 0.2) is 53.9 Å². The van der Waals surface area contributed by atoms with Crippen molar-refractivity contribution in [2.45, 2.75) is 40.3 Å². The van der Waals surface area contributed by atoms with Gasteiger partial charge in [0.2, 0.25) is 0 Å². The highest BCUT2D eigenvalue weighted by molar-refractivity contribution is 7.14. The Labute approximate surface area is 192 Å². The van der Waals surface area contributed by atoms with E-state index in [0.717, 1.165) is 28.5 Å². The summed E-state index contributed by atoms with van der Waals surface area (Å²) in [5, 5.41) is 14.9. The van der Waals surface area contributed by atoms with Gasteiger partial charge in [0.15, 0.2) is 5.13 Å². The average Bonchev–Trinajstić information content (AvgIpc) is 3.26. The molecule has 1 atom stereocenters. The number of aromatic nitrogens is 1. The number of nitrogens with zero attached hydrogens (tertiary/aromatic N) is 2. The molecule has 0 aliphatic carbocycles. The maximum absolute atomic E-state index is 12.4. The maximum atomic E-state index is 12.4. The summed E-state index contributed by atoms with van der Waals surface area (Å²) < 4.78 is 0. The number of anilines is 1. The van der Waals surface area contributed by atoms with Gasteiger partial charge in [0.25, 0.3) is 5.91 Å². The summed E-state index contributed by atoms with van der Waals surface area (Å²) >= 11 is 1.62. The van der Waals surface area contributed by atoms with Gasteiger partial charge in [-0.25, -0.2) is 9.78 Å². The van der Waals surface area contributed by atoms with Gasteiger partial charge >= 0.3 is 5.97 Å². The van der Waals surface area contributed by atoms with Crippen LogP contribution < -0.4 is 10.2 Å². The van der Waals surface area contributed by atoms with Crippen molar-refractivity contribution < 1.29 is 14.7 Å². The van der Waals surface area contributed by atoms with Crippen LogP contribution in [-0.2, 0) is 11.3 Å². The Morgan fingerprint density at radius 2 is 1.75 bits per heavy atom. The molecule has 32 heavy (non-hydrogen) atoms. The summed E-state index contributed by atoms with van der Waals surface area (Å²) in [6, 6.07) is 14.7. The molecule has 2 aromatic carbocycles. The molecule has 168 valence electrons. The molecule has 0 spiro atoms. The number of thiazole rings is 1. The van der Waals surface area contributed by atoms with Crippen LogP contribution >= 0.6 is 11.3 Å². The van der Waals surface area contributed by atoms with Crippen LogP contribution in [0.4, 0.5) is 5.13 Å². The molecule has 0 fully saturated rings. The molecule has 3 aromatic rings. The number of rotatable bonds is 9. The molecule has 2 N–H and O–H groups in total. The second-order valence-electron chi connectivity index (χ2n) is 8.13. The molecular weight excluding hydrogens is 422 g/mol. The van der Waals surface area contributed by atoms with E-state index in [1.165, 1.54) is 5.56 Å². The van der Waals surface area contributed by atoms with E-state index < -0.39 is 12.0 Å². The molecule has 7 heteroatoms. The minimum absolute atomic E-state index is 0.197. The van der Waals surface area contributed by atoms with Crippen LogP contribution in [0.1, 0.15) is 42.3 Å². The van der Waals surface area contributed by atoms with Crippen molar-refractivity contribution in [1.29, 1.82) is 0 Å². The van der Waals surface area contributed by atoms with Crippen molar-refractivity contribution >= 4 is 28.3 Å². The number of carboxylic acids is 1. The first-order valence-electron chi connectivity index (χ1n) is 10.7. The first kappa shape index (κ1) is 23.5. The van der Waals surface area contributed by atoms with E-state index in [4.69, 9.17) is 4.98 Å². The Bertz CT molecular complexity index is 1060. The monoisotopic (exact) mass is 451 g/mol. The van der Waals surface area contributed by atoms with Crippen LogP contribution in [0.3, 0.4) is 0 Å². The summed E-state index contributed by atoms with van der Waals surface area (Å²) in [5.74, 6) is -1.61. The number of aliphatic carboxylic acids is 1. The summed E-state index contributed by atoms with van der Waals surface area (Å²) in [6.07, 6.45) is 0. The van der Waals surface area contributed by atoms with E-state index in [1.54, 1.807) is 37.3 Å². The average molecular weight is 452 g/mol. The lowest BCUT2D eigenvalue weighted by Crippen LogP contribution is -2.44. The number of hydrogen-bond acceptors (Lipinski definition) is 5. The third kappa shape index (κ3) is 5.73. The van der Waals surface area contributed by atoms with Gasteiger partial charge in [-0.05, 0) is 37.5 Å². The molecule has 0 aliphatic heterocycles. The molecule has 1 unspecified atom stereocenters. The Hall–Kier alpha value is -3.19. The number of carbonyl (C=O) groups is 2. The number of aryl methyl sites for hydroxylation is 1. The van der Waals surface area contributed by atoms with E-state index in [0.29, 0.717) is 12.1 Å². The van der Waals surface area contributed by atoms with E-state index in [2.05, 4.69) is 53.7 Å². The minimum Gasteiger partial charge on any atom is -0.480 e. The Balaban J connectivity index is 1.68. The lowest BCUT2D eigenvalue weighted by molar-refractivity contribution is -0.140. The molecule has 1 heterocycles. The van der Waals surface area contributed by atoms with Gasteiger partial charge in [-0.3, -0.25) is 4.79 Å². The molecule has 0 radical (unpaired) electrons. The largest absolute Gasteiger partial charge is 0.480 e. The lowest BCUT2D eigenvalue weighted by Gasteiger charge is -2.20. The first-order chi connectivity index (χ1) is 15.3. The Kier molecular flexibility index (Phi) is 7.64. The molecule has 0 aliphatic rings. The van der Waals surface area contributed by atoms with Crippen molar-refractivity contribution in [3.63, 3.8) is 0 Å². The second kappa shape index (κ2) is 10.4. The van der Waals surface area contributed by atoms with Gasteiger partial charge in [-0.1, -0.05) is 55.8 Å². The highest BCUT2D eigenvalue weighted by atomic mass is 32.1. The number of benzene rings is 2. The number of carbonyl (C=O) groups excluding carboxylic acids is 1. The van der Waals surface area contributed by atoms with E-state index in [-0.39, 0.29) is 11.8 Å². The van der Waals surface area contributed by atoms with Crippen molar-refractivity contribution in [2.24, 2.45) is 5.92 Å². The summed E-state index contributed by atoms with van der Waals surface area (Å²) in [6.45, 7) is 9.17. The molecule has 0 bridgehead atoms. The zero-order chi connectivity index (χ0) is 23.3. The number of nitrogens with one attached hydrogen (secondary N) is 1. The quantitative estimate of drug-likeness (QED) is 0.479. The van der Waals surface area contributed by atoms with Gasteiger partial charge in [0.05, 0.1) is 5.69 Å². The highest BCUT2D eigenvalue weighted by Crippen LogP contribution is 2.28. The van der Waals surface area contributed by atoms with Crippen LogP contribution in [-0.4, -0.2) is 34.6 Å². The van der Waals surface area contributed by atoms with Gasteiger partial charge in [0, 0.05) is 29.6 Å². The van der Waals surface area contributed by atoms with Crippen molar-refractivity contribution in [1.82, 2.24) is 10.3 Å². The number of amides is 1. The first-order valence-corrected chi connectivity index (χ1v) is 11.6. The SMILES string of the molecule is CCN(Cc1ccc(C(=O)NC(C(=O)O)C(C)C)cc1)c1nc(-c2ccc(C)cc2)cs1. The fraction of sp³-hybridized carbons (Fsp3) is 0.320. The fourth-order valence-electron chi connectivity index (χ4n) is 3.30. The van der Waals surface area contributed by atoms with Crippen molar-refractivity contribution in [3.8, 4) is 11.3 Å². The third-order valence-corrected chi connectivity index (χ3v) is 6.20. The maximum Gasteiger partial charge on any atom is 0.326 e. The van der Waals surface area contributed by atoms with E-state index in [1.807, 2.05) is 12.1 Å². The lowest BCUT2D eigenvalue weighted by atomic mass is 10.0. The Morgan fingerprint density at radius 1 is 1.09 bits per heavy atom. The van der Waals surface area contributed by atoms with E-state index >= 15 is 0 Å². The van der Waals surface area contributed by atoms with Crippen LogP contribution in [0.25, 0.3) is 11.3 Å². The minimum atomic E-state index is -1.03. The molecule has 1 aromatic heterocycles. The smallest absolute Gasteiger partial charge is 0.326 e. The van der Waals surface area contributed by atoms with Gasteiger partial charge < -0.3 is 15.3 Å². The normalized spacial score (nSPS) is 11.9. The van der Waals surface area contributed by atoms with Gasteiger partial charge in [-0.15, -0.1) is 11.3 Å². The zero-order valence-corrected chi connectivity index (χ0v) is 19.6. The zero-order valence-electron chi connectivity index (χ0n) is 18.8. The predicted octanol–water partition coefficient (Wildman–Crippen LogP) is 4.98. The number of carboxylic acid groups (broad SMARTS) is 1. The highest BCUT2D eigenvalue weighted by Gasteiger charge is 2.24. The van der Waals surface area contributed by atoms with Crippen LogP contribution in [0, 0.1) is 12.8 Å². The predicted molar refractivity (Wildman–Crippen MR) is 129 cm³/mol. The Morgan fingerprint density at radius 3 is 2.31 bits per heavy atom. The van der Waals surface area contributed by atoms with Gasteiger partial charge in [0.1, 0.15) is 6.04 Å². The summed E-state index contributed by atoms with van der Waals surface area (Å²) in [7, 11) is 0. The molecule has 1 amide bonds. The number of hydrogen-bond donors (Lipinski definition) is 2. The van der Waals surface area contributed by atoms with Crippen molar-refractivity contribution in [2.75, 3.05) is 11.4 Å². The molecule has 0 saturated carbocycles. The molecular formula is C25H29N3O3S. The van der Waals surface area contributed by atoms with E-state index in [9.17, 15) is 14.7 Å². The third-order valence-electron chi connectivity index (χ3n) is 5.30. The van der Waals surface area contributed by atoms with Crippen molar-refractivity contribution in [3.05, 3.63) is 70.6 Å². The molecule has 6 nitrogen and oxygen atoms in total. The second-order valence-corrected chi connectivity index (χ2v) is 8.96. The standard InChI is InChI=1S/C25H29N3O3S/c1-5-28(25-26-21(15-32-25)19-10-6-17(4)7-11-19)14-18-8-12-20(13-9-18)23(29)27-22(16(2)3)24(30)31/h6-13,15-16,22H,5,14H2,1-4H3,(H,27,29)(H,30,31). The fourth-order valence-corrected chi connectivity index (χ4v) is 4.20.